The molecule has 38 valence electrons. The summed E-state index contributed by atoms with van der Waals surface area (Å²) in [5, 5.41) is 0. The van der Waals surface area contributed by atoms with Crippen LogP contribution in [0, 0.1) is 0 Å². The SMILES string of the molecule is CC(C)(C)S.[InH3]. The van der Waals surface area contributed by atoms with Crippen LogP contribution in [0.3, 0.4) is 0 Å². The number of thiol groups is 1. The average molecular weight is 208 g/mol. The van der Waals surface area contributed by atoms with Crippen molar-refractivity contribution >= 4 is 38.5 Å². The van der Waals surface area contributed by atoms with E-state index in [-0.39, 0.29) is 30.6 Å². The molecule has 0 aromatic rings. The molecule has 6 heavy (non-hydrogen) atoms. The quantitative estimate of drug-likeness (QED) is 0.551. The molecule has 0 radical (unpaired) electrons. The molecule has 0 saturated carbocycles. The van der Waals surface area contributed by atoms with Crippen molar-refractivity contribution in [3.63, 3.8) is 0 Å². The van der Waals surface area contributed by atoms with Crippen LogP contribution in [0.15, 0.2) is 0 Å². The Bertz CT molecular complexity index is 23.0. The van der Waals surface area contributed by atoms with E-state index in [0.717, 1.165) is 0 Å². The predicted molar refractivity (Wildman–Crippen MR) is 38.7 cm³/mol. The molecule has 0 fully saturated rings. The molecule has 0 N–H and O–H groups in total. The minimum absolute atomic E-state index is 0. The summed E-state index contributed by atoms with van der Waals surface area (Å²) < 4.78 is 0.194. The van der Waals surface area contributed by atoms with Gasteiger partial charge >= 0.3 is 25.8 Å². The zero-order valence-electron chi connectivity index (χ0n) is 3.95. The van der Waals surface area contributed by atoms with Gasteiger partial charge in [0.2, 0.25) is 0 Å². The zero-order chi connectivity index (χ0) is 4.50. The second kappa shape index (κ2) is 3.25. The molecule has 2 heteroatoms. The molecule has 0 atom stereocenters. The summed E-state index contributed by atoms with van der Waals surface area (Å²) in [6, 6.07) is 0. The van der Waals surface area contributed by atoms with Gasteiger partial charge in [-0.1, -0.05) is 20.8 Å². The van der Waals surface area contributed by atoms with Gasteiger partial charge in [-0.2, -0.15) is 12.6 Å². The first-order valence-corrected chi connectivity index (χ1v) is 2.17. The summed E-state index contributed by atoms with van der Waals surface area (Å²) in [6.07, 6.45) is 0. The molecule has 0 aromatic heterocycles. The molecule has 0 nitrogen and oxygen atoms in total. The van der Waals surface area contributed by atoms with Crippen LogP contribution in [-0.4, -0.2) is 30.6 Å². The number of hydrogen-bond donors (Lipinski definition) is 1. The Morgan fingerprint density at radius 2 is 1.17 bits per heavy atom. The third kappa shape index (κ3) is 62.4. The fraction of sp³-hybridized carbons (Fsp3) is 1.00. The fourth-order valence-corrected chi connectivity index (χ4v) is 0. The predicted octanol–water partition coefficient (Wildman–Crippen LogP) is 0.531. The van der Waals surface area contributed by atoms with Crippen LogP contribution in [-0.2, 0) is 0 Å². The van der Waals surface area contributed by atoms with E-state index in [1.54, 1.807) is 0 Å². The Kier molecular flexibility index (Phi) is 5.56. The van der Waals surface area contributed by atoms with E-state index in [9.17, 15) is 0 Å². The van der Waals surface area contributed by atoms with E-state index in [2.05, 4.69) is 33.4 Å². The number of hydrogen-bond acceptors (Lipinski definition) is 1. The molecule has 0 aliphatic heterocycles. The molecular weight excluding hydrogens is 195 g/mol. The van der Waals surface area contributed by atoms with Gasteiger partial charge in [0.1, 0.15) is 0 Å². The first-order chi connectivity index (χ1) is 2.00. The second-order valence-corrected chi connectivity index (χ2v) is 3.51. The van der Waals surface area contributed by atoms with Crippen LogP contribution in [0.4, 0.5) is 0 Å². The zero-order valence-corrected chi connectivity index (χ0v) is 4.84. The van der Waals surface area contributed by atoms with Gasteiger partial charge in [-0.05, 0) is 0 Å². The van der Waals surface area contributed by atoms with Crippen LogP contribution < -0.4 is 0 Å². The Labute approximate surface area is 63.9 Å². The van der Waals surface area contributed by atoms with Gasteiger partial charge in [0.15, 0.2) is 0 Å². The van der Waals surface area contributed by atoms with Gasteiger partial charge in [-0.25, -0.2) is 0 Å². The van der Waals surface area contributed by atoms with E-state index in [4.69, 9.17) is 0 Å². The minimum atomic E-state index is 0. The maximum absolute atomic E-state index is 4.12. The van der Waals surface area contributed by atoms with Crippen molar-refractivity contribution in [1.29, 1.82) is 0 Å². The van der Waals surface area contributed by atoms with Crippen molar-refractivity contribution in [2.24, 2.45) is 0 Å². The third-order valence-corrected chi connectivity index (χ3v) is 0. The molecule has 0 aliphatic carbocycles. The first-order valence-electron chi connectivity index (χ1n) is 1.72. The Hall–Kier alpha value is 1.22. The van der Waals surface area contributed by atoms with Crippen LogP contribution >= 0.6 is 12.6 Å². The van der Waals surface area contributed by atoms with Gasteiger partial charge < -0.3 is 0 Å². The van der Waals surface area contributed by atoms with E-state index in [0.29, 0.717) is 0 Å². The molecule has 0 heterocycles. The molecular formula is C4H13InS. The van der Waals surface area contributed by atoms with Crippen LogP contribution in [0.1, 0.15) is 20.8 Å². The van der Waals surface area contributed by atoms with Gasteiger partial charge in [-0.15, -0.1) is 0 Å². The van der Waals surface area contributed by atoms with Crippen molar-refractivity contribution in [2.75, 3.05) is 0 Å². The Balaban J connectivity index is 0. The second-order valence-electron chi connectivity index (χ2n) is 2.17. The summed E-state index contributed by atoms with van der Waals surface area (Å²) in [5.74, 6) is 0. The molecule has 0 aliphatic rings. The molecule has 0 unspecified atom stereocenters. The van der Waals surface area contributed by atoms with E-state index in [1.165, 1.54) is 0 Å². The fourth-order valence-electron chi connectivity index (χ4n) is 0. The Morgan fingerprint density at radius 1 is 1.17 bits per heavy atom. The van der Waals surface area contributed by atoms with E-state index in [1.807, 2.05) is 0 Å². The topological polar surface area (TPSA) is 0 Å². The monoisotopic (exact) mass is 208 g/mol. The van der Waals surface area contributed by atoms with Crippen molar-refractivity contribution in [1.82, 2.24) is 0 Å². The molecule has 0 bridgehead atoms. The van der Waals surface area contributed by atoms with E-state index >= 15 is 0 Å². The van der Waals surface area contributed by atoms with Crippen molar-refractivity contribution < 1.29 is 0 Å². The van der Waals surface area contributed by atoms with Gasteiger partial charge in [-0.3, -0.25) is 0 Å². The standard InChI is InChI=1S/C4H10S.In.3H/c1-4(2,3)5;;;;/h5H,1-3H3;;;;. The van der Waals surface area contributed by atoms with E-state index < -0.39 is 0 Å². The summed E-state index contributed by atoms with van der Waals surface area (Å²) in [5.41, 5.74) is 0. The maximum atomic E-state index is 4.12. The van der Waals surface area contributed by atoms with Gasteiger partial charge in [0.25, 0.3) is 0 Å². The molecule has 0 spiro atoms. The van der Waals surface area contributed by atoms with Crippen molar-refractivity contribution in [3.8, 4) is 0 Å². The van der Waals surface area contributed by atoms with Gasteiger partial charge in [0, 0.05) is 4.75 Å². The normalized spacial score (nSPS) is 10.0. The van der Waals surface area contributed by atoms with Crippen LogP contribution in [0.25, 0.3) is 0 Å². The van der Waals surface area contributed by atoms with Crippen LogP contribution in [0.2, 0.25) is 0 Å². The molecule has 0 saturated heterocycles. The third-order valence-electron chi connectivity index (χ3n) is 0. The molecule has 0 amide bonds. The summed E-state index contributed by atoms with van der Waals surface area (Å²) in [7, 11) is 0. The van der Waals surface area contributed by atoms with Crippen molar-refractivity contribution in [3.05, 3.63) is 0 Å². The molecule has 0 rings (SSSR count). The summed E-state index contributed by atoms with van der Waals surface area (Å²) in [6.45, 7) is 6.16. The van der Waals surface area contributed by atoms with Gasteiger partial charge in [0.05, 0.1) is 0 Å². The summed E-state index contributed by atoms with van der Waals surface area (Å²) in [4.78, 5) is 0. The Morgan fingerprint density at radius 3 is 1.17 bits per heavy atom. The number of rotatable bonds is 0. The van der Waals surface area contributed by atoms with Crippen molar-refractivity contribution in [2.45, 2.75) is 25.5 Å². The molecule has 0 aromatic carbocycles. The average Bonchev–Trinajstić information content (AvgIpc) is 0.722. The summed E-state index contributed by atoms with van der Waals surface area (Å²) >= 11 is 4.12. The first kappa shape index (κ1) is 10.3. The van der Waals surface area contributed by atoms with Crippen LogP contribution in [0.5, 0.6) is 0 Å².